The molecule has 1 aromatic rings. The molecule has 1 aliphatic rings. The van der Waals surface area contributed by atoms with Crippen molar-refractivity contribution in [1.82, 2.24) is 15.1 Å². The van der Waals surface area contributed by atoms with Crippen LogP contribution in [-0.2, 0) is 9.59 Å². The fraction of sp³-hybridized carbons (Fsp3) is 0.615. The summed E-state index contributed by atoms with van der Waals surface area (Å²) in [7, 11) is 0. The molecule has 1 aromatic heterocycles. The van der Waals surface area contributed by atoms with Crippen molar-refractivity contribution < 1.29 is 14.7 Å². The first-order valence-corrected chi connectivity index (χ1v) is 6.77. The summed E-state index contributed by atoms with van der Waals surface area (Å²) in [6.07, 6.45) is 2.43. The number of carbonyl (C=O) groups excluding carboxylic acids is 1. The summed E-state index contributed by atoms with van der Waals surface area (Å²) >= 11 is 0. The van der Waals surface area contributed by atoms with Gasteiger partial charge in [0.15, 0.2) is 0 Å². The number of aliphatic carboxylic acids is 1. The summed E-state index contributed by atoms with van der Waals surface area (Å²) in [6.45, 7) is 4.38. The van der Waals surface area contributed by atoms with Gasteiger partial charge in [0.25, 0.3) is 0 Å². The van der Waals surface area contributed by atoms with Gasteiger partial charge < -0.3 is 10.4 Å². The molecule has 0 bridgehead atoms. The van der Waals surface area contributed by atoms with Crippen LogP contribution in [0.2, 0.25) is 0 Å². The van der Waals surface area contributed by atoms with Gasteiger partial charge in [-0.1, -0.05) is 6.42 Å². The van der Waals surface area contributed by atoms with Gasteiger partial charge in [-0.05, 0) is 33.2 Å². The van der Waals surface area contributed by atoms with Crippen molar-refractivity contribution in [2.75, 3.05) is 18.4 Å². The topological polar surface area (TPSA) is 98.3 Å². The number of carbonyl (C=O) groups is 2. The van der Waals surface area contributed by atoms with E-state index in [1.807, 2.05) is 6.92 Å². The smallest absolute Gasteiger partial charge is 0.320 e. The number of amides is 1. The van der Waals surface area contributed by atoms with Crippen LogP contribution in [0.3, 0.4) is 0 Å². The Kier molecular flexibility index (Phi) is 4.39. The van der Waals surface area contributed by atoms with Gasteiger partial charge in [-0.2, -0.15) is 5.10 Å². The molecule has 1 aliphatic heterocycles. The van der Waals surface area contributed by atoms with E-state index in [-0.39, 0.29) is 12.5 Å². The van der Waals surface area contributed by atoms with Crippen LogP contribution in [-0.4, -0.2) is 51.2 Å². The third kappa shape index (κ3) is 3.16. The Balaban J connectivity index is 1.98. The highest BCUT2D eigenvalue weighted by atomic mass is 16.4. The average Bonchev–Trinajstić information content (AvgIpc) is 2.71. The number of H-pyrrole nitrogens is 1. The number of rotatable bonds is 4. The number of nitrogens with one attached hydrogen (secondary N) is 2. The van der Waals surface area contributed by atoms with Gasteiger partial charge in [-0.3, -0.25) is 19.6 Å². The SMILES string of the molecule is Cc1n[nH]c(C)c1NC(=O)CN1CCCCC1C(=O)O. The Bertz CT molecular complexity index is 492. The van der Waals surface area contributed by atoms with Gasteiger partial charge in [0.1, 0.15) is 6.04 Å². The maximum atomic E-state index is 12.1. The molecule has 7 heteroatoms. The molecule has 1 atom stereocenters. The van der Waals surface area contributed by atoms with Crippen LogP contribution >= 0.6 is 0 Å². The second-order valence-corrected chi connectivity index (χ2v) is 5.18. The summed E-state index contributed by atoms with van der Waals surface area (Å²) in [5.41, 5.74) is 2.20. The lowest BCUT2D eigenvalue weighted by molar-refractivity contribution is -0.145. The van der Waals surface area contributed by atoms with E-state index in [0.29, 0.717) is 18.7 Å². The number of aryl methyl sites for hydroxylation is 2. The molecule has 110 valence electrons. The van der Waals surface area contributed by atoms with Crippen molar-refractivity contribution in [3.05, 3.63) is 11.4 Å². The number of anilines is 1. The van der Waals surface area contributed by atoms with Crippen molar-refractivity contribution >= 4 is 17.6 Å². The van der Waals surface area contributed by atoms with E-state index in [0.717, 1.165) is 24.2 Å². The normalized spacial score (nSPS) is 19.8. The largest absolute Gasteiger partial charge is 0.480 e. The summed E-state index contributed by atoms with van der Waals surface area (Å²) in [5.74, 6) is -1.06. The lowest BCUT2D eigenvalue weighted by Gasteiger charge is -2.32. The van der Waals surface area contributed by atoms with Gasteiger partial charge in [-0.15, -0.1) is 0 Å². The molecule has 0 aliphatic carbocycles. The minimum Gasteiger partial charge on any atom is -0.480 e. The van der Waals surface area contributed by atoms with Crippen LogP contribution in [0.1, 0.15) is 30.7 Å². The first kappa shape index (κ1) is 14.5. The maximum Gasteiger partial charge on any atom is 0.320 e. The van der Waals surface area contributed by atoms with Crippen LogP contribution < -0.4 is 5.32 Å². The molecule has 0 radical (unpaired) electrons. The van der Waals surface area contributed by atoms with Crippen molar-refractivity contribution in [2.45, 2.75) is 39.2 Å². The van der Waals surface area contributed by atoms with E-state index in [1.54, 1.807) is 11.8 Å². The first-order chi connectivity index (χ1) is 9.49. The van der Waals surface area contributed by atoms with Gasteiger partial charge in [0.05, 0.1) is 23.6 Å². The molecule has 1 amide bonds. The van der Waals surface area contributed by atoms with E-state index in [4.69, 9.17) is 0 Å². The lowest BCUT2D eigenvalue weighted by Crippen LogP contribution is -2.47. The highest BCUT2D eigenvalue weighted by Crippen LogP contribution is 2.19. The second-order valence-electron chi connectivity index (χ2n) is 5.18. The maximum absolute atomic E-state index is 12.1. The molecule has 1 unspecified atom stereocenters. The summed E-state index contributed by atoms with van der Waals surface area (Å²) in [4.78, 5) is 25.0. The van der Waals surface area contributed by atoms with E-state index in [1.165, 1.54) is 0 Å². The van der Waals surface area contributed by atoms with Crippen LogP contribution in [0.25, 0.3) is 0 Å². The molecule has 20 heavy (non-hydrogen) atoms. The quantitative estimate of drug-likeness (QED) is 0.761. The molecule has 0 spiro atoms. The molecule has 1 saturated heterocycles. The Morgan fingerprint density at radius 2 is 2.20 bits per heavy atom. The highest BCUT2D eigenvalue weighted by molar-refractivity contribution is 5.93. The fourth-order valence-electron chi connectivity index (χ4n) is 2.56. The first-order valence-electron chi connectivity index (χ1n) is 6.77. The number of nitrogens with zero attached hydrogens (tertiary/aromatic N) is 2. The van der Waals surface area contributed by atoms with Gasteiger partial charge in [0, 0.05) is 0 Å². The van der Waals surface area contributed by atoms with Crippen molar-refractivity contribution in [3.8, 4) is 0 Å². The molecule has 0 saturated carbocycles. The Hall–Kier alpha value is -1.89. The van der Waals surface area contributed by atoms with Crippen molar-refractivity contribution in [1.29, 1.82) is 0 Å². The molecular weight excluding hydrogens is 260 g/mol. The zero-order valence-electron chi connectivity index (χ0n) is 11.8. The third-order valence-electron chi connectivity index (χ3n) is 3.64. The molecular formula is C13H20N4O3. The predicted molar refractivity (Wildman–Crippen MR) is 73.5 cm³/mol. The predicted octanol–water partition coefficient (Wildman–Crippen LogP) is 0.904. The zero-order chi connectivity index (χ0) is 14.7. The summed E-state index contributed by atoms with van der Waals surface area (Å²) in [5, 5.41) is 18.8. The highest BCUT2D eigenvalue weighted by Gasteiger charge is 2.29. The summed E-state index contributed by atoms with van der Waals surface area (Å²) < 4.78 is 0. The summed E-state index contributed by atoms with van der Waals surface area (Å²) in [6, 6.07) is -0.555. The van der Waals surface area contributed by atoms with Gasteiger partial charge >= 0.3 is 5.97 Å². The van der Waals surface area contributed by atoms with Crippen molar-refractivity contribution in [2.24, 2.45) is 0 Å². The Labute approximate surface area is 117 Å². The number of piperidine rings is 1. The number of aromatic nitrogens is 2. The van der Waals surface area contributed by atoms with E-state index >= 15 is 0 Å². The lowest BCUT2D eigenvalue weighted by atomic mass is 10.0. The van der Waals surface area contributed by atoms with E-state index in [2.05, 4.69) is 15.5 Å². The van der Waals surface area contributed by atoms with Crippen LogP contribution in [0.15, 0.2) is 0 Å². The molecule has 7 nitrogen and oxygen atoms in total. The number of likely N-dealkylation sites (tertiary alicyclic amines) is 1. The number of aromatic amines is 1. The van der Waals surface area contributed by atoms with Gasteiger partial charge in [-0.25, -0.2) is 0 Å². The fourth-order valence-corrected chi connectivity index (χ4v) is 2.56. The molecule has 0 aromatic carbocycles. The van der Waals surface area contributed by atoms with E-state index in [9.17, 15) is 14.7 Å². The van der Waals surface area contributed by atoms with Crippen LogP contribution in [0.5, 0.6) is 0 Å². The number of carboxylic acid groups (broad SMARTS) is 1. The standard InChI is InChI=1S/C13H20N4O3/c1-8-12(9(2)16-15-8)14-11(18)7-17-6-4-3-5-10(17)13(19)20/h10H,3-7H2,1-2H3,(H,14,18)(H,15,16)(H,19,20). The van der Waals surface area contributed by atoms with Gasteiger partial charge in [0.2, 0.25) is 5.91 Å². The number of hydrogen-bond acceptors (Lipinski definition) is 4. The second kappa shape index (κ2) is 6.04. The molecule has 3 N–H and O–H groups in total. The van der Waals surface area contributed by atoms with E-state index < -0.39 is 12.0 Å². The van der Waals surface area contributed by atoms with Crippen molar-refractivity contribution in [3.63, 3.8) is 0 Å². The third-order valence-corrected chi connectivity index (χ3v) is 3.64. The van der Waals surface area contributed by atoms with Crippen LogP contribution in [0.4, 0.5) is 5.69 Å². The average molecular weight is 280 g/mol. The van der Waals surface area contributed by atoms with Crippen LogP contribution in [0, 0.1) is 13.8 Å². The number of hydrogen-bond donors (Lipinski definition) is 3. The Morgan fingerprint density at radius 1 is 1.45 bits per heavy atom. The Morgan fingerprint density at radius 3 is 2.80 bits per heavy atom. The molecule has 1 fully saturated rings. The molecule has 2 heterocycles. The molecule has 2 rings (SSSR count). The minimum atomic E-state index is -0.854. The number of carboxylic acids is 1. The zero-order valence-corrected chi connectivity index (χ0v) is 11.8. The monoisotopic (exact) mass is 280 g/mol. The minimum absolute atomic E-state index is 0.0982.